The molecule has 5 rings (SSSR count). The summed E-state index contributed by atoms with van der Waals surface area (Å²) in [5.74, 6) is -6.42. The molecule has 0 saturated heterocycles. The molecule has 2 heterocycles. The van der Waals surface area contributed by atoms with Gasteiger partial charge in [-0.15, -0.1) is 0 Å². The number of rotatable bonds is 29. The molecule has 0 spiro atoms. The summed E-state index contributed by atoms with van der Waals surface area (Å²) in [5.41, 5.74) is 20.1. The van der Waals surface area contributed by atoms with Crippen LogP contribution in [0.25, 0.3) is 10.9 Å². The molecular weight excluding hydrogens is 1090 g/mol. The number of amides is 8. The number of aromatic nitrogens is 2. The number of carbonyl (C=O) groups is 8. The maximum atomic E-state index is 14.8. The number of pyridine rings is 1. The van der Waals surface area contributed by atoms with E-state index in [0.717, 1.165) is 16.5 Å². The summed E-state index contributed by atoms with van der Waals surface area (Å²) in [6.45, 7) is 5.36. The van der Waals surface area contributed by atoms with Crippen LogP contribution in [0.15, 0.2) is 104 Å². The number of fused-ring (bicyclic) bond motifs is 1. The number of halogens is 2. The van der Waals surface area contributed by atoms with E-state index in [1.807, 2.05) is 24.3 Å². The third-order valence-corrected chi connectivity index (χ3v) is 14.1. The molecule has 0 aliphatic heterocycles. The molecule has 20 nitrogen and oxygen atoms in total. The second-order valence-electron chi connectivity index (χ2n) is 20.1. The zero-order valence-electron chi connectivity index (χ0n) is 44.1. The summed E-state index contributed by atoms with van der Waals surface area (Å²) in [5, 5.41) is 20.8. The molecule has 79 heavy (non-hydrogen) atoms. The molecule has 8 amide bonds. The summed E-state index contributed by atoms with van der Waals surface area (Å²) in [7, 11) is 0. The molecule has 8 atom stereocenters. The highest BCUT2D eigenvalue weighted by Crippen LogP contribution is 2.22. The normalized spacial score (nSPS) is 14.4. The summed E-state index contributed by atoms with van der Waals surface area (Å²) in [6.07, 6.45) is 5.66. The third kappa shape index (κ3) is 19.6. The minimum absolute atomic E-state index is 0.0411. The van der Waals surface area contributed by atoms with Crippen LogP contribution in [0.2, 0.25) is 10.0 Å². The lowest BCUT2D eigenvalue weighted by Gasteiger charge is -2.33. The number of hydrogen-bond donors (Lipinski definition) is 13. The molecule has 24 heteroatoms. The molecule has 2 aromatic heterocycles. The van der Waals surface area contributed by atoms with Crippen molar-refractivity contribution in [1.29, 1.82) is 0 Å². The molecule has 14 N–H and O–H groups in total. The highest BCUT2D eigenvalue weighted by atomic mass is 35.5. The van der Waals surface area contributed by atoms with Crippen LogP contribution < -0.4 is 54.4 Å². The van der Waals surface area contributed by atoms with Crippen LogP contribution in [0.1, 0.15) is 62.3 Å². The van der Waals surface area contributed by atoms with Crippen molar-refractivity contribution >= 4 is 107 Å². The minimum atomic E-state index is -1.38. The van der Waals surface area contributed by atoms with Gasteiger partial charge in [0.1, 0.15) is 42.3 Å². The summed E-state index contributed by atoms with van der Waals surface area (Å²) in [4.78, 5) is 119. The van der Waals surface area contributed by atoms with E-state index in [4.69, 9.17) is 40.4 Å². The van der Waals surface area contributed by atoms with Gasteiger partial charge in [0.05, 0.1) is 6.04 Å². The van der Waals surface area contributed by atoms with Crippen LogP contribution in [0, 0.1) is 5.41 Å². The van der Waals surface area contributed by atoms with Gasteiger partial charge < -0.3 is 59.4 Å². The van der Waals surface area contributed by atoms with Gasteiger partial charge in [0, 0.05) is 70.3 Å². The Morgan fingerprint density at radius 2 is 1.06 bits per heavy atom. The fourth-order valence-electron chi connectivity index (χ4n) is 8.43. The molecule has 0 unspecified atom stereocenters. The van der Waals surface area contributed by atoms with E-state index in [2.05, 4.69) is 72.4 Å². The number of aromatic amines is 1. The van der Waals surface area contributed by atoms with E-state index in [1.54, 1.807) is 93.8 Å². The average Bonchev–Trinajstić information content (AvgIpc) is 3.84. The maximum absolute atomic E-state index is 14.8. The number of nitrogens with zero attached hydrogens (tertiary/aromatic N) is 1. The molecule has 0 aliphatic rings. The second kappa shape index (κ2) is 30.6. The Bertz CT molecular complexity index is 2880. The van der Waals surface area contributed by atoms with Crippen molar-refractivity contribution < 1.29 is 38.4 Å². The number of nitrogens with one attached hydrogen (secondary N) is 8. The Hall–Kier alpha value is -6.69. The number of unbranched alkanes of at least 4 members (excludes halogenated alkanes) is 1. The first-order valence-corrected chi connectivity index (χ1v) is 27.6. The van der Waals surface area contributed by atoms with E-state index in [1.165, 1.54) is 6.20 Å². The highest BCUT2D eigenvalue weighted by Gasteiger charge is 2.38. The van der Waals surface area contributed by atoms with Gasteiger partial charge in [0.15, 0.2) is 0 Å². The topological polar surface area (TPSA) is 328 Å². The largest absolute Gasteiger partial charge is 0.368 e. The number of carbonyl (C=O) groups excluding carboxylic acids is 8. The van der Waals surface area contributed by atoms with Crippen molar-refractivity contribution in [3.63, 3.8) is 0 Å². The van der Waals surface area contributed by atoms with Gasteiger partial charge in [-0.25, -0.2) is 0 Å². The van der Waals surface area contributed by atoms with Crippen LogP contribution in [-0.2, 0) is 64.0 Å². The van der Waals surface area contributed by atoms with Crippen LogP contribution in [0.3, 0.4) is 0 Å². The molecule has 0 saturated carbocycles. The van der Waals surface area contributed by atoms with Gasteiger partial charge in [-0.1, -0.05) is 92.5 Å². The lowest BCUT2D eigenvalue weighted by Crippen LogP contribution is -2.62. The molecule has 0 aliphatic carbocycles. The van der Waals surface area contributed by atoms with Gasteiger partial charge in [-0.05, 0) is 96.3 Å². The van der Waals surface area contributed by atoms with Crippen LogP contribution >= 0.6 is 48.5 Å². The van der Waals surface area contributed by atoms with Crippen LogP contribution in [0.4, 0.5) is 0 Å². The van der Waals surface area contributed by atoms with E-state index >= 15 is 0 Å². The quantitative estimate of drug-likeness (QED) is 0.0244. The smallest absolute Gasteiger partial charge is 0.244 e. The Balaban J connectivity index is 1.38. The number of primary amides is 1. The summed E-state index contributed by atoms with van der Waals surface area (Å²) >= 11 is 20.7. The van der Waals surface area contributed by atoms with Crippen molar-refractivity contribution in [2.24, 2.45) is 22.6 Å². The molecule has 424 valence electrons. The van der Waals surface area contributed by atoms with Gasteiger partial charge in [0.2, 0.25) is 47.3 Å². The fourth-order valence-corrected chi connectivity index (χ4v) is 9.20. The SMILES string of the molecule is CC(C)(C)[C@H](NC(=O)[C@H](CCCCN)NC(=O)[C@@H](Cc1c[nH]c2ccccc12)NC(=O)[C@H](Cc1cccnc1)NC(=O)[C@@H](CS)NC(=O)[C@@H](N)Cc1ccc(Cl)cc1)C(=O)N[C@@H](CS)C(=O)N[C@@H](Cc1ccc(Cl)cc1)C(N)=O. The highest BCUT2D eigenvalue weighted by molar-refractivity contribution is 7.80. The molecule has 0 fully saturated rings. The van der Waals surface area contributed by atoms with E-state index in [9.17, 15) is 38.4 Å². The molecule has 5 aromatic rings. The number of hydrogen-bond acceptors (Lipinski definition) is 13. The number of H-pyrrole nitrogens is 1. The third-order valence-electron chi connectivity index (χ3n) is 12.9. The zero-order valence-corrected chi connectivity index (χ0v) is 47.4. The number of para-hydroxylation sites is 1. The fraction of sp³-hybridized carbons (Fsp3) is 0.400. The van der Waals surface area contributed by atoms with Crippen LogP contribution in [0.5, 0.6) is 0 Å². The standard InChI is InChI=1S/C55H70Cl2N12O8S2/c1-55(2,3)46(54(77)68-45(30-79)52(75)64-41(47(60)70)24-32-15-19-36(57)20-16-32)69-49(72)40(12-6-7-21-58)63-51(74)43(26-34-28-62-39-11-5-4-10-37(34)39)66-50(73)42(25-33-9-8-22-61-27-33)65-53(76)44(29-78)67-48(71)38(59)23-31-13-17-35(56)18-14-31/h4-5,8-11,13-20,22,27-28,38,40-46,62,78-79H,6-7,12,21,23-26,29-30,58-59H2,1-3H3,(H2,60,70)(H,63,74)(H,64,75)(H,65,76)(H,66,73)(H,67,71)(H,68,77)(H,69,72)/t38-,40-,41-,42-,43+,44+,45-,46+/m0/s1. The first-order valence-electron chi connectivity index (χ1n) is 25.6. The van der Waals surface area contributed by atoms with Gasteiger partial charge >= 0.3 is 0 Å². The van der Waals surface area contributed by atoms with Gasteiger partial charge in [0.25, 0.3) is 0 Å². The number of thiol groups is 2. The van der Waals surface area contributed by atoms with E-state index in [0.29, 0.717) is 39.6 Å². The molecule has 3 aromatic carbocycles. The Kier molecular flexibility index (Phi) is 24.5. The first kappa shape index (κ1) is 63.1. The average molecular weight is 1160 g/mol. The van der Waals surface area contributed by atoms with E-state index in [-0.39, 0.29) is 50.2 Å². The van der Waals surface area contributed by atoms with Gasteiger partial charge in [-0.2, -0.15) is 25.3 Å². The Morgan fingerprint density at radius 3 is 1.61 bits per heavy atom. The number of benzene rings is 3. The molecule has 0 bridgehead atoms. The first-order chi connectivity index (χ1) is 37.6. The molecular formula is C55H70Cl2N12O8S2. The Morgan fingerprint density at radius 1 is 0.570 bits per heavy atom. The maximum Gasteiger partial charge on any atom is 0.244 e. The lowest BCUT2D eigenvalue weighted by atomic mass is 9.85. The number of nitrogens with two attached hydrogens (primary N) is 3. The van der Waals surface area contributed by atoms with Crippen molar-refractivity contribution in [1.82, 2.24) is 47.2 Å². The van der Waals surface area contributed by atoms with Crippen molar-refractivity contribution in [2.45, 2.75) is 114 Å². The second-order valence-corrected chi connectivity index (χ2v) is 21.7. The van der Waals surface area contributed by atoms with Gasteiger partial charge in [-0.3, -0.25) is 43.3 Å². The van der Waals surface area contributed by atoms with E-state index < -0.39 is 101 Å². The summed E-state index contributed by atoms with van der Waals surface area (Å²) in [6, 6.07) is 14.1. The lowest BCUT2D eigenvalue weighted by molar-refractivity contribution is -0.136. The van der Waals surface area contributed by atoms with Crippen molar-refractivity contribution in [2.75, 3.05) is 18.1 Å². The summed E-state index contributed by atoms with van der Waals surface area (Å²) < 4.78 is 0. The monoisotopic (exact) mass is 1160 g/mol. The predicted molar refractivity (Wildman–Crippen MR) is 311 cm³/mol. The zero-order chi connectivity index (χ0) is 57.8. The van der Waals surface area contributed by atoms with Crippen molar-refractivity contribution in [3.8, 4) is 0 Å². The Labute approximate surface area is 480 Å². The van der Waals surface area contributed by atoms with Crippen molar-refractivity contribution in [3.05, 3.63) is 136 Å². The molecule has 0 radical (unpaired) electrons. The predicted octanol–water partition coefficient (Wildman–Crippen LogP) is 2.38. The minimum Gasteiger partial charge on any atom is -0.368 e. The van der Waals surface area contributed by atoms with Crippen LogP contribution in [-0.4, -0.2) is 124 Å².